The summed E-state index contributed by atoms with van der Waals surface area (Å²) in [6.45, 7) is 2.59. The molecule has 1 atom stereocenters. The van der Waals surface area contributed by atoms with Crippen molar-refractivity contribution in [3.05, 3.63) is 33.3 Å². The van der Waals surface area contributed by atoms with E-state index in [2.05, 4.69) is 26.6 Å². The molecule has 2 N–H and O–H groups in total. The number of hydrogen-bond acceptors (Lipinski definition) is 2. The molecule has 0 radical (unpaired) electrons. The Balaban J connectivity index is 2.63. The standard InChI is InChI=1S/C11H14BrClN2O/c1-7(14-2)6-15-11(16)8-3-4-10(13)9(12)5-8/h3-5,7,14H,6H2,1-2H3,(H,15,16). The van der Waals surface area contributed by atoms with Gasteiger partial charge in [-0.05, 0) is 48.1 Å². The van der Waals surface area contributed by atoms with E-state index in [1.54, 1.807) is 18.2 Å². The second kappa shape index (κ2) is 6.23. The summed E-state index contributed by atoms with van der Waals surface area (Å²) in [5.74, 6) is -0.0977. The van der Waals surface area contributed by atoms with E-state index in [0.717, 1.165) is 4.47 Å². The van der Waals surface area contributed by atoms with Gasteiger partial charge in [0, 0.05) is 22.6 Å². The Hall–Kier alpha value is -0.580. The Kier molecular flexibility index (Phi) is 5.25. The highest BCUT2D eigenvalue weighted by atomic mass is 79.9. The summed E-state index contributed by atoms with van der Waals surface area (Å²) in [7, 11) is 1.86. The third-order valence-electron chi connectivity index (χ3n) is 2.24. The summed E-state index contributed by atoms with van der Waals surface area (Å²) in [5.41, 5.74) is 0.597. The first-order chi connectivity index (χ1) is 7.54. The molecule has 1 aromatic carbocycles. The van der Waals surface area contributed by atoms with E-state index in [4.69, 9.17) is 11.6 Å². The summed E-state index contributed by atoms with van der Waals surface area (Å²) in [6, 6.07) is 5.36. The number of rotatable bonds is 4. The van der Waals surface area contributed by atoms with Crippen LogP contribution in [0.25, 0.3) is 0 Å². The van der Waals surface area contributed by atoms with Gasteiger partial charge in [0.15, 0.2) is 0 Å². The zero-order valence-corrected chi connectivity index (χ0v) is 11.5. The van der Waals surface area contributed by atoms with E-state index >= 15 is 0 Å². The van der Waals surface area contributed by atoms with Crippen molar-refractivity contribution in [2.45, 2.75) is 13.0 Å². The van der Waals surface area contributed by atoms with E-state index in [1.165, 1.54) is 0 Å². The number of amides is 1. The van der Waals surface area contributed by atoms with Crippen molar-refractivity contribution in [1.29, 1.82) is 0 Å². The Morgan fingerprint density at radius 2 is 2.25 bits per heavy atom. The molecule has 3 nitrogen and oxygen atoms in total. The largest absolute Gasteiger partial charge is 0.350 e. The lowest BCUT2D eigenvalue weighted by Crippen LogP contribution is -2.37. The summed E-state index contributed by atoms with van der Waals surface area (Å²) < 4.78 is 0.725. The van der Waals surface area contributed by atoms with Crippen molar-refractivity contribution in [2.75, 3.05) is 13.6 Å². The molecular formula is C11H14BrClN2O. The van der Waals surface area contributed by atoms with Crippen LogP contribution in [0.15, 0.2) is 22.7 Å². The smallest absolute Gasteiger partial charge is 0.251 e. The normalized spacial score (nSPS) is 12.2. The number of likely N-dealkylation sites (N-methyl/N-ethyl adjacent to an activating group) is 1. The van der Waals surface area contributed by atoms with Gasteiger partial charge in [-0.2, -0.15) is 0 Å². The summed E-state index contributed by atoms with van der Waals surface area (Å²) in [6.07, 6.45) is 0. The minimum Gasteiger partial charge on any atom is -0.350 e. The van der Waals surface area contributed by atoms with Crippen molar-refractivity contribution in [3.63, 3.8) is 0 Å². The molecule has 1 aromatic rings. The molecule has 0 aromatic heterocycles. The van der Waals surface area contributed by atoms with E-state index in [9.17, 15) is 4.79 Å². The fourth-order valence-electron chi connectivity index (χ4n) is 1.09. The molecule has 1 amide bonds. The number of halogens is 2. The minimum absolute atomic E-state index is 0.0977. The Labute approximate surface area is 109 Å². The average Bonchev–Trinajstić information content (AvgIpc) is 2.29. The van der Waals surface area contributed by atoms with Crippen LogP contribution in [0.2, 0.25) is 5.02 Å². The highest BCUT2D eigenvalue weighted by molar-refractivity contribution is 9.10. The van der Waals surface area contributed by atoms with E-state index in [-0.39, 0.29) is 11.9 Å². The van der Waals surface area contributed by atoms with Crippen LogP contribution in [0.3, 0.4) is 0 Å². The molecule has 0 bridgehead atoms. The second-order valence-corrected chi connectivity index (χ2v) is 4.79. The lowest BCUT2D eigenvalue weighted by Gasteiger charge is -2.11. The lowest BCUT2D eigenvalue weighted by molar-refractivity contribution is 0.0950. The predicted molar refractivity (Wildman–Crippen MR) is 70.0 cm³/mol. The van der Waals surface area contributed by atoms with Gasteiger partial charge < -0.3 is 10.6 Å². The molecule has 0 saturated carbocycles. The Morgan fingerprint density at radius 3 is 2.81 bits per heavy atom. The van der Waals surface area contributed by atoms with Crippen LogP contribution < -0.4 is 10.6 Å². The van der Waals surface area contributed by atoms with Crippen LogP contribution >= 0.6 is 27.5 Å². The SMILES string of the molecule is CNC(C)CNC(=O)c1ccc(Cl)c(Br)c1. The zero-order chi connectivity index (χ0) is 12.1. The van der Waals surface area contributed by atoms with E-state index < -0.39 is 0 Å². The molecule has 5 heteroatoms. The number of carbonyl (C=O) groups excluding carboxylic acids is 1. The monoisotopic (exact) mass is 304 g/mol. The van der Waals surface area contributed by atoms with Crippen LogP contribution in [0.5, 0.6) is 0 Å². The van der Waals surface area contributed by atoms with Gasteiger partial charge in [-0.1, -0.05) is 11.6 Å². The van der Waals surface area contributed by atoms with Crippen LogP contribution in [0, 0.1) is 0 Å². The minimum atomic E-state index is -0.0977. The van der Waals surface area contributed by atoms with Gasteiger partial charge >= 0.3 is 0 Å². The molecule has 1 rings (SSSR count). The van der Waals surface area contributed by atoms with E-state index in [0.29, 0.717) is 17.1 Å². The molecule has 0 saturated heterocycles. The van der Waals surface area contributed by atoms with Crippen LogP contribution in [-0.4, -0.2) is 25.5 Å². The molecule has 0 heterocycles. The van der Waals surface area contributed by atoms with Gasteiger partial charge in [-0.25, -0.2) is 0 Å². The summed E-state index contributed by atoms with van der Waals surface area (Å²) in [5, 5.41) is 6.48. The Morgan fingerprint density at radius 1 is 1.56 bits per heavy atom. The lowest BCUT2D eigenvalue weighted by atomic mass is 10.2. The molecule has 16 heavy (non-hydrogen) atoms. The maximum absolute atomic E-state index is 11.7. The first-order valence-electron chi connectivity index (χ1n) is 4.95. The highest BCUT2D eigenvalue weighted by Crippen LogP contribution is 2.23. The van der Waals surface area contributed by atoms with Crippen LogP contribution in [0.4, 0.5) is 0 Å². The molecule has 0 aliphatic rings. The second-order valence-electron chi connectivity index (χ2n) is 3.53. The number of hydrogen-bond donors (Lipinski definition) is 2. The molecular weight excluding hydrogens is 291 g/mol. The third kappa shape index (κ3) is 3.77. The molecule has 0 fully saturated rings. The molecule has 88 valence electrons. The zero-order valence-electron chi connectivity index (χ0n) is 9.18. The topological polar surface area (TPSA) is 41.1 Å². The van der Waals surface area contributed by atoms with Gasteiger partial charge in [0.2, 0.25) is 0 Å². The maximum Gasteiger partial charge on any atom is 0.251 e. The maximum atomic E-state index is 11.7. The fourth-order valence-corrected chi connectivity index (χ4v) is 1.58. The average molecular weight is 306 g/mol. The quantitative estimate of drug-likeness (QED) is 0.897. The molecule has 1 unspecified atom stereocenters. The Bertz CT molecular complexity index is 384. The number of nitrogens with one attached hydrogen (secondary N) is 2. The number of carbonyl (C=O) groups is 1. The number of benzene rings is 1. The van der Waals surface area contributed by atoms with E-state index in [1.807, 2.05) is 14.0 Å². The molecule has 0 aliphatic carbocycles. The fraction of sp³-hybridized carbons (Fsp3) is 0.364. The first kappa shape index (κ1) is 13.5. The summed E-state index contributed by atoms with van der Waals surface area (Å²) >= 11 is 9.13. The summed E-state index contributed by atoms with van der Waals surface area (Å²) in [4.78, 5) is 11.7. The molecule has 0 spiro atoms. The highest BCUT2D eigenvalue weighted by Gasteiger charge is 2.08. The van der Waals surface area contributed by atoms with Gasteiger partial charge in [-0.15, -0.1) is 0 Å². The van der Waals surface area contributed by atoms with Crippen molar-refractivity contribution in [3.8, 4) is 0 Å². The van der Waals surface area contributed by atoms with Crippen molar-refractivity contribution in [2.24, 2.45) is 0 Å². The van der Waals surface area contributed by atoms with Crippen molar-refractivity contribution >= 4 is 33.4 Å². The van der Waals surface area contributed by atoms with Gasteiger partial charge in [0.25, 0.3) is 5.91 Å². The van der Waals surface area contributed by atoms with Crippen molar-refractivity contribution in [1.82, 2.24) is 10.6 Å². The van der Waals surface area contributed by atoms with Gasteiger partial charge in [0.1, 0.15) is 0 Å². The van der Waals surface area contributed by atoms with Crippen molar-refractivity contribution < 1.29 is 4.79 Å². The van der Waals surface area contributed by atoms with Crippen LogP contribution in [0.1, 0.15) is 17.3 Å². The first-order valence-corrected chi connectivity index (χ1v) is 6.12. The van der Waals surface area contributed by atoms with Crippen LogP contribution in [-0.2, 0) is 0 Å². The third-order valence-corrected chi connectivity index (χ3v) is 3.46. The van der Waals surface area contributed by atoms with Gasteiger partial charge in [0.05, 0.1) is 5.02 Å². The predicted octanol–water partition coefficient (Wildman–Crippen LogP) is 2.44. The van der Waals surface area contributed by atoms with Gasteiger partial charge in [-0.3, -0.25) is 4.79 Å². The molecule has 0 aliphatic heterocycles.